The molecule has 0 radical (unpaired) electrons. The number of ether oxygens (including phenoxy) is 1. The molecular formula is C19H24FN3O6S2. The third-order valence-electron chi connectivity index (χ3n) is 3.95. The number of hydrogen-bond donors (Lipinski definition) is 2. The summed E-state index contributed by atoms with van der Waals surface area (Å²) in [6.07, 6.45) is 0.845. The molecule has 12 heteroatoms. The van der Waals surface area contributed by atoms with Gasteiger partial charge in [0.15, 0.2) is 0 Å². The van der Waals surface area contributed by atoms with Gasteiger partial charge in [-0.2, -0.15) is 0 Å². The van der Waals surface area contributed by atoms with Gasteiger partial charge < -0.3 is 10.1 Å². The highest BCUT2D eigenvalue weighted by Crippen LogP contribution is 2.28. The number of sulfonamides is 2. The van der Waals surface area contributed by atoms with E-state index in [1.165, 1.54) is 43.5 Å². The van der Waals surface area contributed by atoms with Crippen molar-refractivity contribution in [1.29, 1.82) is 0 Å². The van der Waals surface area contributed by atoms with E-state index in [4.69, 9.17) is 4.74 Å². The Bertz CT molecular complexity index is 1170. The molecule has 0 bridgehead atoms. The number of nitrogens with zero attached hydrogens (tertiary/aromatic N) is 1. The van der Waals surface area contributed by atoms with Crippen LogP contribution < -0.4 is 19.1 Å². The van der Waals surface area contributed by atoms with Crippen LogP contribution in [0, 0.1) is 5.82 Å². The standard InChI is InChI=1S/C19H24FN3O6S2/c1-13(2)22-31(27,28)14-9-10-18(29-3)16(11-14)21-19(24)12-23(30(4,25)26)17-8-6-5-7-15(17)20/h5-11,13,22H,12H2,1-4H3,(H,21,24). The van der Waals surface area contributed by atoms with Crippen LogP contribution in [0.25, 0.3) is 0 Å². The SMILES string of the molecule is COc1ccc(S(=O)(=O)NC(C)C)cc1NC(=O)CN(c1ccccc1F)S(C)(=O)=O. The molecule has 2 rings (SSSR count). The maximum atomic E-state index is 14.1. The fourth-order valence-electron chi connectivity index (χ4n) is 2.69. The van der Waals surface area contributed by atoms with Crippen LogP contribution in [0.5, 0.6) is 5.75 Å². The summed E-state index contributed by atoms with van der Waals surface area (Å²) in [5, 5.41) is 2.43. The van der Waals surface area contributed by atoms with Crippen LogP contribution in [0.15, 0.2) is 47.4 Å². The van der Waals surface area contributed by atoms with Gasteiger partial charge in [-0.15, -0.1) is 0 Å². The summed E-state index contributed by atoms with van der Waals surface area (Å²) in [7, 11) is -6.52. The van der Waals surface area contributed by atoms with Crippen molar-refractivity contribution in [3.05, 3.63) is 48.3 Å². The van der Waals surface area contributed by atoms with Gasteiger partial charge in [-0.25, -0.2) is 25.9 Å². The number of halogens is 1. The lowest BCUT2D eigenvalue weighted by atomic mass is 10.3. The molecule has 0 saturated heterocycles. The van der Waals surface area contributed by atoms with E-state index >= 15 is 0 Å². The van der Waals surface area contributed by atoms with Crippen molar-refractivity contribution in [1.82, 2.24) is 4.72 Å². The van der Waals surface area contributed by atoms with Gasteiger partial charge >= 0.3 is 0 Å². The molecule has 0 fully saturated rings. The number of para-hydroxylation sites is 1. The van der Waals surface area contributed by atoms with E-state index < -0.39 is 38.3 Å². The predicted octanol–water partition coefficient (Wildman–Crippen LogP) is 1.93. The quantitative estimate of drug-likeness (QED) is 0.574. The molecule has 0 aromatic heterocycles. The zero-order valence-corrected chi connectivity index (χ0v) is 19.1. The summed E-state index contributed by atoms with van der Waals surface area (Å²) >= 11 is 0. The van der Waals surface area contributed by atoms with E-state index in [1.807, 2.05) is 0 Å². The summed E-state index contributed by atoms with van der Waals surface area (Å²) in [5.41, 5.74) is -0.273. The summed E-state index contributed by atoms with van der Waals surface area (Å²) in [5.74, 6) is -1.47. The third kappa shape index (κ3) is 6.39. The van der Waals surface area contributed by atoms with E-state index in [1.54, 1.807) is 13.8 Å². The number of nitrogens with one attached hydrogen (secondary N) is 2. The Labute approximate surface area is 181 Å². The Morgan fingerprint density at radius 1 is 1.13 bits per heavy atom. The lowest BCUT2D eigenvalue weighted by molar-refractivity contribution is -0.114. The average Bonchev–Trinajstić information content (AvgIpc) is 2.65. The van der Waals surface area contributed by atoms with Crippen molar-refractivity contribution >= 4 is 37.3 Å². The normalized spacial score (nSPS) is 11.9. The minimum absolute atomic E-state index is 0.0149. The van der Waals surface area contributed by atoms with Crippen molar-refractivity contribution < 1.29 is 30.8 Å². The minimum Gasteiger partial charge on any atom is -0.495 e. The maximum Gasteiger partial charge on any atom is 0.245 e. The van der Waals surface area contributed by atoms with Crippen LogP contribution in [-0.2, 0) is 24.8 Å². The molecule has 1 amide bonds. The van der Waals surface area contributed by atoms with E-state index in [9.17, 15) is 26.0 Å². The smallest absolute Gasteiger partial charge is 0.245 e. The molecule has 0 unspecified atom stereocenters. The molecule has 2 N–H and O–H groups in total. The highest BCUT2D eigenvalue weighted by molar-refractivity contribution is 7.92. The second-order valence-corrected chi connectivity index (χ2v) is 10.5. The lowest BCUT2D eigenvalue weighted by Gasteiger charge is -2.22. The van der Waals surface area contributed by atoms with Gasteiger partial charge in [-0.1, -0.05) is 12.1 Å². The molecule has 0 aliphatic rings. The van der Waals surface area contributed by atoms with E-state index in [0.717, 1.165) is 12.3 Å². The average molecular weight is 474 g/mol. The number of hydrogen-bond acceptors (Lipinski definition) is 6. The first-order valence-electron chi connectivity index (χ1n) is 9.07. The second-order valence-electron chi connectivity index (χ2n) is 6.91. The molecule has 31 heavy (non-hydrogen) atoms. The molecule has 0 heterocycles. The van der Waals surface area contributed by atoms with Gasteiger partial charge in [0, 0.05) is 6.04 Å². The number of benzene rings is 2. The summed E-state index contributed by atoms with van der Waals surface area (Å²) < 4.78 is 71.4. The first-order chi connectivity index (χ1) is 14.3. The second kappa shape index (κ2) is 9.62. The van der Waals surface area contributed by atoms with Gasteiger partial charge in [0.2, 0.25) is 26.0 Å². The maximum absolute atomic E-state index is 14.1. The van der Waals surface area contributed by atoms with Crippen LogP contribution in [0.2, 0.25) is 0 Å². The Hall–Kier alpha value is -2.70. The zero-order valence-electron chi connectivity index (χ0n) is 17.4. The van der Waals surface area contributed by atoms with Crippen molar-refractivity contribution in [2.24, 2.45) is 0 Å². The third-order valence-corrected chi connectivity index (χ3v) is 6.74. The van der Waals surface area contributed by atoms with Crippen LogP contribution >= 0.6 is 0 Å². The van der Waals surface area contributed by atoms with E-state index in [0.29, 0.717) is 4.31 Å². The van der Waals surface area contributed by atoms with Crippen molar-refractivity contribution in [3.8, 4) is 5.75 Å². The van der Waals surface area contributed by atoms with Gasteiger partial charge in [0.05, 0.1) is 29.6 Å². The minimum atomic E-state index is -3.99. The molecule has 170 valence electrons. The Balaban J connectivity index is 2.35. The fraction of sp³-hybridized carbons (Fsp3) is 0.316. The molecule has 0 aliphatic carbocycles. The van der Waals surface area contributed by atoms with Crippen LogP contribution in [0.1, 0.15) is 13.8 Å². The Morgan fingerprint density at radius 2 is 1.77 bits per heavy atom. The number of amides is 1. The number of carbonyl (C=O) groups is 1. The van der Waals surface area contributed by atoms with Gasteiger partial charge in [-0.3, -0.25) is 9.10 Å². The van der Waals surface area contributed by atoms with Crippen molar-refractivity contribution in [2.45, 2.75) is 24.8 Å². The van der Waals surface area contributed by atoms with Crippen LogP contribution in [0.3, 0.4) is 0 Å². The molecule has 0 aliphatic heterocycles. The number of methoxy groups -OCH3 is 1. The zero-order chi connectivity index (χ0) is 23.4. The Kier molecular flexibility index (Phi) is 7.63. The predicted molar refractivity (Wildman–Crippen MR) is 116 cm³/mol. The van der Waals surface area contributed by atoms with Crippen molar-refractivity contribution in [2.75, 3.05) is 29.5 Å². The highest BCUT2D eigenvalue weighted by Gasteiger charge is 2.24. The fourth-order valence-corrected chi connectivity index (χ4v) is 4.82. The van der Waals surface area contributed by atoms with Gasteiger partial charge in [0.1, 0.15) is 18.1 Å². The molecule has 9 nitrogen and oxygen atoms in total. The molecule has 0 saturated carbocycles. The van der Waals surface area contributed by atoms with E-state index in [-0.39, 0.29) is 28.1 Å². The number of carbonyl (C=O) groups excluding carboxylic acids is 1. The molecule has 0 spiro atoms. The topological polar surface area (TPSA) is 122 Å². The Morgan fingerprint density at radius 3 is 2.32 bits per heavy atom. The molecule has 2 aromatic carbocycles. The summed E-state index contributed by atoms with van der Waals surface area (Å²) in [6, 6.07) is 8.63. The number of rotatable bonds is 9. The summed E-state index contributed by atoms with van der Waals surface area (Å²) in [4.78, 5) is 12.5. The molecule has 0 atom stereocenters. The molecule has 2 aromatic rings. The van der Waals surface area contributed by atoms with Crippen LogP contribution in [0.4, 0.5) is 15.8 Å². The highest BCUT2D eigenvalue weighted by atomic mass is 32.2. The van der Waals surface area contributed by atoms with E-state index in [2.05, 4.69) is 10.0 Å². The van der Waals surface area contributed by atoms with Gasteiger partial charge in [-0.05, 0) is 44.2 Å². The lowest BCUT2D eigenvalue weighted by Crippen LogP contribution is -2.38. The van der Waals surface area contributed by atoms with Crippen molar-refractivity contribution in [3.63, 3.8) is 0 Å². The summed E-state index contributed by atoms with van der Waals surface area (Å²) in [6.45, 7) is 2.59. The van der Waals surface area contributed by atoms with Crippen LogP contribution in [-0.4, -0.2) is 48.7 Å². The number of anilines is 2. The first kappa shape index (κ1) is 24.6. The van der Waals surface area contributed by atoms with Gasteiger partial charge in [0.25, 0.3) is 0 Å². The monoisotopic (exact) mass is 473 g/mol. The molecular weight excluding hydrogens is 449 g/mol. The largest absolute Gasteiger partial charge is 0.495 e. The first-order valence-corrected chi connectivity index (χ1v) is 12.4.